The number of carbonyl (C=O) groups excluding carboxylic acids is 1. The monoisotopic (exact) mass is 279 g/mol. The SMILES string of the molecule is NCC(Cl)CC(Cl)C(=O)c1ccccc1Cl. The first-order valence-corrected chi connectivity index (χ1v) is 6.08. The number of nitrogens with two attached hydrogens (primary N) is 1. The van der Waals surface area contributed by atoms with Crippen molar-refractivity contribution in [2.45, 2.75) is 17.2 Å². The Labute approximate surface area is 110 Å². The van der Waals surface area contributed by atoms with Crippen LogP contribution in [0.15, 0.2) is 24.3 Å². The van der Waals surface area contributed by atoms with E-state index < -0.39 is 5.38 Å². The highest BCUT2D eigenvalue weighted by Gasteiger charge is 2.21. The molecular formula is C11H12Cl3NO. The summed E-state index contributed by atoms with van der Waals surface area (Å²) in [6.45, 7) is 0.292. The first kappa shape index (κ1) is 13.8. The van der Waals surface area contributed by atoms with Crippen molar-refractivity contribution in [1.82, 2.24) is 0 Å². The average Bonchev–Trinajstić information content (AvgIpc) is 2.28. The Morgan fingerprint density at radius 1 is 1.31 bits per heavy atom. The summed E-state index contributed by atoms with van der Waals surface area (Å²) in [6, 6.07) is 6.79. The Hall–Kier alpha value is -0.280. The molecule has 1 aromatic rings. The third kappa shape index (κ3) is 3.63. The van der Waals surface area contributed by atoms with E-state index in [1.54, 1.807) is 24.3 Å². The smallest absolute Gasteiger partial charge is 0.182 e. The van der Waals surface area contributed by atoms with E-state index in [0.717, 1.165) is 0 Å². The lowest BCUT2D eigenvalue weighted by Gasteiger charge is -2.12. The van der Waals surface area contributed by atoms with Crippen molar-refractivity contribution < 1.29 is 4.79 Å². The molecule has 0 saturated carbocycles. The highest BCUT2D eigenvalue weighted by atomic mass is 35.5. The molecule has 2 N–H and O–H groups in total. The number of benzene rings is 1. The van der Waals surface area contributed by atoms with Crippen LogP contribution in [-0.4, -0.2) is 23.1 Å². The maximum atomic E-state index is 11.9. The molecule has 2 unspecified atom stereocenters. The van der Waals surface area contributed by atoms with E-state index in [1.165, 1.54) is 0 Å². The predicted octanol–water partition coefficient (Wildman–Crippen LogP) is 3.09. The largest absolute Gasteiger partial charge is 0.329 e. The number of Topliss-reactive ketones (excluding diaryl/α,β-unsaturated/α-hetero) is 1. The van der Waals surface area contributed by atoms with Crippen molar-refractivity contribution >= 4 is 40.6 Å². The first-order chi connectivity index (χ1) is 7.56. The van der Waals surface area contributed by atoms with Crippen LogP contribution in [0.4, 0.5) is 0 Å². The van der Waals surface area contributed by atoms with Crippen molar-refractivity contribution in [1.29, 1.82) is 0 Å². The van der Waals surface area contributed by atoms with Crippen LogP contribution < -0.4 is 5.73 Å². The molecule has 0 saturated heterocycles. The first-order valence-electron chi connectivity index (χ1n) is 4.83. The quantitative estimate of drug-likeness (QED) is 0.665. The number of halogens is 3. The fourth-order valence-corrected chi connectivity index (χ4v) is 2.09. The second-order valence-electron chi connectivity index (χ2n) is 3.38. The molecule has 0 heterocycles. The van der Waals surface area contributed by atoms with Crippen LogP contribution in [0.2, 0.25) is 5.02 Å². The van der Waals surface area contributed by atoms with Gasteiger partial charge in [0.2, 0.25) is 0 Å². The second-order valence-corrected chi connectivity index (χ2v) is 4.93. The molecule has 5 heteroatoms. The van der Waals surface area contributed by atoms with E-state index in [4.69, 9.17) is 40.5 Å². The molecular weight excluding hydrogens is 268 g/mol. The molecule has 2 nitrogen and oxygen atoms in total. The van der Waals surface area contributed by atoms with E-state index in [-0.39, 0.29) is 11.2 Å². The number of carbonyl (C=O) groups is 1. The van der Waals surface area contributed by atoms with E-state index >= 15 is 0 Å². The van der Waals surface area contributed by atoms with Gasteiger partial charge in [-0.3, -0.25) is 4.79 Å². The molecule has 2 atom stereocenters. The van der Waals surface area contributed by atoms with Crippen LogP contribution in [0.5, 0.6) is 0 Å². The summed E-state index contributed by atoms with van der Waals surface area (Å²) in [5.41, 5.74) is 5.78. The molecule has 0 fully saturated rings. The molecule has 0 aliphatic heterocycles. The zero-order chi connectivity index (χ0) is 12.1. The zero-order valence-electron chi connectivity index (χ0n) is 8.50. The van der Waals surface area contributed by atoms with Gasteiger partial charge in [-0.1, -0.05) is 23.7 Å². The number of alkyl halides is 2. The summed E-state index contributed by atoms with van der Waals surface area (Å²) in [4.78, 5) is 11.9. The lowest BCUT2D eigenvalue weighted by molar-refractivity contribution is 0.0984. The zero-order valence-corrected chi connectivity index (χ0v) is 10.8. The second kappa shape index (κ2) is 6.45. The standard InChI is InChI=1S/C11H12Cl3NO/c12-7(6-15)5-10(14)11(16)8-3-1-2-4-9(8)13/h1-4,7,10H,5-6,15H2. The Morgan fingerprint density at radius 2 is 1.94 bits per heavy atom. The molecule has 0 aromatic heterocycles. The fraction of sp³-hybridized carbons (Fsp3) is 0.364. The Balaban J connectivity index is 2.75. The summed E-state index contributed by atoms with van der Waals surface area (Å²) in [5, 5.41) is -0.586. The van der Waals surface area contributed by atoms with E-state index in [9.17, 15) is 4.79 Å². The van der Waals surface area contributed by atoms with Crippen molar-refractivity contribution in [3.05, 3.63) is 34.9 Å². The summed E-state index contributed by atoms with van der Waals surface area (Å²) >= 11 is 17.7. The molecule has 0 spiro atoms. The predicted molar refractivity (Wildman–Crippen MR) is 68.7 cm³/mol. The Morgan fingerprint density at radius 3 is 2.50 bits per heavy atom. The van der Waals surface area contributed by atoms with Crippen molar-refractivity contribution in [3.8, 4) is 0 Å². The van der Waals surface area contributed by atoms with E-state index in [2.05, 4.69) is 0 Å². The number of hydrogen-bond acceptors (Lipinski definition) is 2. The molecule has 0 bridgehead atoms. The van der Waals surface area contributed by atoms with Gasteiger partial charge in [0, 0.05) is 17.5 Å². The third-order valence-electron chi connectivity index (χ3n) is 2.14. The minimum atomic E-state index is -0.689. The van der Waals surface area contributed by atoms with Gasteiger partial charge in [-0.05, 0) is 18.6 Å². The van der Waals surface area contributed by atoms with Gasteiger partial charge in [-0.25, -0.2) is 0 Å². The van der Waals surface area contributed by atoms with Gasteiger partial charge in [0.1, 0.15) is 0 Å². The number of hydrogen-bond donors (Lipinski definition) is 1. The number of rotatable bonds is 5. The molecule has 1 rings (SSSR count). The summed E-state index contributed by atoms with van der Waals surface area (Å²) in [6.07, 6.45) is 0.337. The average molecular weight is 281 g/mol. The van der Waals surface area contributed by atoms with Gasteiger partial charge in [0.05, 0.1) is 10.4 Å². The molecule has 0 radical (unpaired) electrons. The third-order valence-corrected chi connectivity index (χ3v) is 3.20. The van der Waals surface area contributed by atoms with Gasteiger partial charge in [0.15, 0.2) is 5.78 Å². The lowest BCUT2D eigenvalue weighted by Crippen LogP contribution is -2.24. The lowest BCUT2D eigenvalue weighted by atomic mass is 10.0. The van der Waals surface area contributed by atoms with Gasteiger partial charge in [-0.15, -0.1) is 23.2 Å². The van der Waals surface area contributed by atoms with Gasteiger partial charge in [-0.2, -0.15) is 0 Å². The minimum absolute atomic E-state index is 0.216. The topological polar surface area (TPSA) is 43.1 Å². The molecule has 0 aliphatic carbocycles. The van der Waals surface area contributed by atoms with Crippen LogP contribution in [-0.2, 0) is 0 Å². The Kier molecular flexibility index (Phi) is 5.56. The normalized spacial score (nSPS) is 14.5. The molecule has 0 amide bonds. The van der Waals surface area contributed by atoms with Gasteiger partial charge in [0.25, 0.3) is 0 Å². The van der Waals surface area contributed by atoms with Crippen LogP contribution >= 0.6 is 34.8 Å². The molecule has 0 aliphatic rings. The summed E-state index contributed by atoms with van der Waals surface area (Å²) in [7, 11) is 0. The number of ketones is 1. The van der Waals surface area contributed by atoms with Gasteiger partial charge >= 0.3 is 0 Å². The van der Waals surface area contributed by atoms with Crippen molar-refractivity contribution in [2.75, 3.05) is 6.54 Å². The fourth-order valence-electron chi connectivity index (χ4n) is 1.26. The van der Waals surface area contributed by atoms with Gasteiger partial charge < -0.3 is 5.73 Å². The molecule has 1 aromatic carbocycles. The molecule has 16 heavy (non-hydrogen) atoms. The highest BCUT2D eigenvalue weighted by molar-refractivity contribution is 6.39. The van der Waals surface area contributed by atoms with Crippen LogP contribution in [0.25, 0.3) is 0 Å². The minimum Gasteiger partial charge on any atom is -0.329 e. The molecule has 88 valence electrons. The summed E-state index contributed by atoms with van der Waals surface area (Å²) in [5.74, 6) is -0.216. The highest BCUT2D eigenvalue weighted by Crippen LogP contribution is 2.21. The van der Waals surface area contributed by atoms with Crippen LogP contribution in [0.1, 0.15) is 16.8 Å². The maximum Gasteiger partial charge on any atom is 0.182 e. The van der Waals surface area contributed by atoms with E-state index in [0.29, 0.717) is 23.6 Å². The Bertz CT molecular complexity index is 370. The summed E-state index contributed by atoms with van der Waals surface area (Å²) < 4.78 is 0. The van der Waals surface area contributed by atoms with Crippen molar-refractivity contribution in [3.63, 3.8) is 0 Å². The van der Waals surface area contributed by atoms with E-state index in [1.807, 2.05) is 0 Å². The van der Waals surface area contributed by atoms with Crippen LogP contribution in [0.3, 0.4) is 0 Å². The maximum absolute atomic E-state index is 11.9. The van der Waals surface area contributed by atoms with Crippen LogP contribution in [0, 0.1) is 0 Å². The van der Waals surface area contributed by atoms with Crippen molar-refractivity contribution in [2.24, 2.45) is 5.73 Å².